The number of aromatic nitrogens is 2. The fourth-order valence-corrected chi connectivity index (χ4v) is 4.08. The number of amides is 1. The summed E-state index contributed by atoms with van der Waals surface area (Å²) in [5, 5.41) is 10.3. The lowest BCUT2D eigenvalue weighted by Gasteiger charge is -2.33. The van der Waals surface area contributed by atoms with Crippen molar-refractivity contribution in [3.8, 4) is 0 Å². The van der Waals surface area contributed by atoms with E-state index in [1.54, 1.807) is 4.90 Å². The predicted octanol–water partition coefficient (Wildman–Crippen LogP) is 3.23. The van der Waals surface area contributed by atoms with E-state index in [1.807, 2.05) is 0 Å². The van der Waals surface area contributed by atoms with Crippen molar-refractivity contribution in [2.24, 2.45) is 0 Å². The van der Waals surface area contributed by atoms with Gasteiger partial charge in [0.1, 0.15) is 5.82 Å². The summed E-state index contributed by atoms with van der Waals surface area (Å²) >= 11 is 0. The number of nitrogens with one attached hydrogen (secondary N) is 2. The number of carbonyl (C=O) groups is 1. The molecule has 1 fully saturated rings. The summed E-state index contributed by atoms with van der Waals surface area (Å²) < 4.78 is 53.4. The number of halogens is 4. The quantitative estimate of drug-likeness (QED) is 0.767. The van der Waals surface area contributed by atoms with Gasteiger partial charge in [0.05, 0.1) is 5.56 Å². The van der Waals surface area contributed by atoms with Gasteiger partial charge in [0.2, 0.25) is 0 Å². The Balaban J connectivity index is 1.49. The number of carbonyl (C=O) groups excluding carboxylic acids is 1. The fourth-order valence-electron chi connectivity index (χ4n) is 4.08. The van der Waals surface area contributed by atoms with Crippen LogP contribution in [-0.4, -0.2) is 40.6 Å². The Bertz CT molecular complexity index is 885. The topological polar surface area (TPSA) is 61.0 Å². The number of hydrogen-bond acceptors (Lipinski definition) is 3. The first-order valence-electron chi connectivity index (χ1n) is 9.27. The zero-order chi connectivity index (χ0) is 19.9. The standard InChI is InChI=1S/C19H20F4N4O/c20-12-1-2-15(19(21,22)23)13(9-12)11-4-7-27(8-5-11)18(28)17-14-10-24-6-3-16(14)25-26-17/h1-2,9,11,24H,3-8,10H2,(H,25,26). The number of likely N-dealkylation sites (tertiary alicyclic amines) is 1. The second kappa shape index (κ2) is 7.20. The largest absolute Gasteiger partial charge is 0.416 e. The molecule has 0 aliphatic carbocycles. The number of hydrogen-bond donors (Lipinski definition) is 2. The molecule has 1 aromatic carbocycles. The van der Waals surface area contributed by atoms with Crippen LogP contribution in [-0.2, 0) is 19.1 Å². The van der Waals surface area contributed by atoms with Gasteiger partial charge in [-0.05, 0) is 42.5 Å². The van der Waals surface area contributed by atoms with Crippen molar-refractivity contribution in [1.29, 1.82) is 0 Å². The molecule has 0 bridgehead atoms. The molecule has 2 aliphatic rings. The lowest BCUT2D eigenvalue weighted by Crippen LogP contribution is -2.39. The van der Waals surface area contributed by atoms with E-state index in [4.69, 9.17) is 0 Å². The third-order valence-electron chi connectivity index (χ3n) is 5.55. The van der Waals surface area contributed by atoms with Crippen LogP contribution >= 0.6 is 0 Å². The molecule has 1 aromatic heterocycles. The number of nitrogens with zero attached hydrogens (tertiary/aromatic N) is 2. The molecule has 0 saturated carbocycles. The van der Waals surface area contributed by atoms with Gasteiger partial charge in [-0.3, -0.25) is 9.89 Å². The normalized spacial score (nSPS) is 18.2. The Morgan fingerprint density at radius 2 is 1.96 bits per heavy atom. The highest BCUT2D eigenvalue weighted by atomic mass is 19.4. The maximum absolute atomic E-state index is 13.6. The van der Waals surface area contributed by atoms with E-state index in [0.717, 1.165) is 42.4 Å². The smallest absolute Gasteiger partial charge is 0.337 e. The highest BCUT2D eigenvalue weighted by Crippen LogP contribution is 2.39. The summed E-state index contributed by atoms with van der Waals surface area (Å²) in [5.74, 6) is -1.33. The van der Waals surface area contributed by atoms with Crippen molar-refractivity contribution in [1.82, 2.24) is 20.4 Å². The molecule has 3 heterocycles. The van der Waals surface area contributed by atoms with E-state index in [9.17, 15) is 22.4 Å². The molecule has 150 valence electrons. The molecule has 9 heteroatoms. The molecule has 5 nitrogen and oxygen atoms in total. The third-order valence-corrected chi connectivity index (χ3v) is 5.55. The Labute approximate surface area is 159 Å². The van der Waals surface area contributed by atoms with Crippen LogP contribution < -0.4 is 5.32 Å². The van der Waals surface area contributed by atoms with Crippen LogP contribution in [0.2, 0.25) is 0 Å². The van der Waals surface area contributed by atoms with Crippen LogP contribution in [0.25, 0.3) is 0 Å². The number of fused-ring (bicyclic) bond motifs is 1. The minimum atomic E-state index is -4.53. The molecular weight excluding hydrogens is 376 g/mol. The molecule has 2 N–H and O–H groups in total. The van der Waals surface area contributed by atoms with Gasteiger partial charge in [-0.1, -0.05) is 0 Å². The molecule has 0 spiro atoms. The summed E-state index contributed by atoms with van der Waals surface area (Å²) in [4.78, 5) is 14.5. The Morgan fingerprint density at radius 1 is 1.21 bits per heavy atom. The molecule has 28 heavy (non-hydrogen) atoms. The van der Waals surface area contributed by atoms with Crippen LogP contribution in [0.4, 0.5) is 17.6 Å². The number of alkyl halides is 3. The van der Waals surface area contributed by atoms with Crippen LogP contribution in [0, 0.1) is 5.82 Å². The van der Waals surface area contributed by atoms with Crippen molar-refractivity contribution in [3.63, 3.8) is 0 Å². The number of piperidine rings is 1. The molecular formula is C19H20F4N4O. The molecule has 1 amide bonds. The SMILES string of the molecule is O=C(c1n[nH]c2c1CNCC2)N1CCC(c2cc(F)ccc2C(F)(F)F)CC1. The second-order valence-electron chi connectivity index (χ2n) is 7.25. The highest BCUT2D eigenvalue weighted by molar-refractivity contribution is 5.94. The summed E-state index contributed by atoms with van der Waals surface area (Å²) in [6.07, 6.45) is -3.05. The fraction of sp³-hybridized carbons (Fsp3) is 0.474. The van der Waals surface area contributed by atoms with Crippen molar-refractivity contribution < 1.29 is 22.4 Å². The van der Waals surface area contributed by atoms with Gasteiger partial charge in [-0.25, -0.2) is 4.39 Å². The first-order valence-corrected chi connectivity index (χ1v) is 9.27. The molecule has 2 aromatic rings. The molecule has 4 rings (SSSR count). The van der Waals surface area contributed by atoms with Crippen molar-refractivity contribution >= 4 is 5.91 Å². The number of benzene rings is 1. The maximum Gasteiger partial charge on any atom is 0.416 e. The number of aromatic amines is 1. The van der Waals surface area contributed by atoms with Crippen LogP contribution in [0.3, 0.4) is 0 Å². The molecule has 1 saturated heterocycles. The lowest BCUT2D eigenvalue weighted by atomic mass is 9.86. The monoisotopic (exact) mass is 396 g/mol. The van der Waals surface area contributed by atoms with Crippen LogP contribution in [0.5, 0.6) is 0 Å². The van der Waals surface area contributed by atoms with E-state index in [2.05, 4.69) is 15.5 Å². The average Bonchev–Trinajstić information content (AvgIpc) is 3.10. The van der Waals surface area contributed by atoms with Crippen molar-refractivity contribution in [3.05, 3.63) is 52.1 Å². The molecule has 0 atom stereocenters. The minimum Gasteiger partial charge on any atom is -0.337 e. The first kappa shape index (κ1) is 18.9. The van der Waals surface area contributed by atoms with E-state index in [-0.39, 0.29) is 11.5 Å². The first-order chi connectivity index (χ1) is 13.3. The summed E-state index contributed by atoms with van der Waals surface area (Å²) in [6, 6.07) is 2.60. The Morgan fingerprint density at radius 3 is 2.68 bits per heavy atom. The Hall–Kier alpha value is -2.42. The van der Waals surface area contributed by atoms with Crippen LogP contribution in [0.15, 0.2) is 18.2 Å². The molecule has 0 unspecified atom stereocenters. The Kier molecular flexibility index (Phi) is 4.86. The van der Waals surface area contributed by atoms with E-state index >= 15 is 0 Å². The predicted molar refractivity (Wildman–Crippen MR) is 93.3 cm³/mol. The van der Waals surface area contributed by atoms with Crippen molar-refractivity contribution in [2.45, 2.75) is 37.9 Å². The average molecular weight is 396 g/mol. The van der Waals surface area contributed by atoms with Gasteiger partial charge >= 0.3 is 6.18 Å². The maximum atomic E-state index is 13.6. The van der Waals surface area contributed by atoms with E-state index in [0.29, 0.717) is 38.2 Å². The summed E-state index contributed by atoms with van der Waals surface area (Å²) in [7, 11) is 0. The van der Waals surface area contributed by atoms with Gasteiger partial charge in [-0.2, -0.15) is 18.3 Å². The van der Waals surface area contributed by atoms with Gasteiger partial charge in [0.25, 0.3) is 5.91 Å². The zero-order valence-corrected chi connectivity index (χ0v) is 15.1. The van der Waals surface area contributed by atoms with Gasteiger partial charge in [0.15, 0.2) is 5.69 Å². The van der Waals surface area contributed by atoms with Gasteiger partial charge in [-0.15, -0.1) is 0 Å². The van der Waals surface area contributed by atoms with Gasteiger partial charge in [0, 0.05) is 43.9 Å². The summed E-state index contributed by atoms with van der Waals surface area (Å²) in [5.41, 5.74) is 1.36. The van der Waals surface area contributed by atoms with Gasteiger partial charge < -0.3 is 10.2 Å². The van der Waals surface area contributed by atoms with Crippen LogP contribution in [0.1, 0.15) is 51.6 Å². The van der Waals surface area contributed by atoms with Crippen molar-refractivity contribution in [2.75, 3.05) is 19.6 Å². The highest BCUT2D eigenvalue weighted by Gasteiger charge is 2.37. The zero-order valence-electron chi connectivity index (χ0n) is 15.1. The number of rotatable bonds is 2. The lowest BCUT2D eigenvalue weighted by molar-refractivity contribution is -0.138. The molecule has 0 radical (unpaired) electrons. The second-order valence-corrected chi connectivity index (χ2v) is 7.25. The van der Waals surface area contributed by atoms with E-state index < -0.39 is 23.5 Å². The summed E-state index contributed by atoms with van der Waals surface area (Å²) in [6.45, 7) is 2.02. The molecule has 2 aliphatic heterocycles. The number of H-pyrrole nitrogens is 1. The third kappa shape index (κ3) is 3.50. The minimum absolute atomic E-state index is 0.0269. The van der Waals surface area contributed by atoms with E-state index in [1.165, 1.54) is 0 Å².